The number of urea groups is 1. The number of carbonyl (C=O) groups is 2. The maximum absolute atomic E-state index is 14.3. The van der Waals surface area contributed by atoms with Crippen molar-refractivity contribution >= 4 is 40.2 Å². The van der Waals surface area contributed by atoms with Gasteiger partial charge in [0.25, 0.3) is 0 Å². The Morgan fingerprint density at radius 3 is 2.44 bits per heavy atom. The first-order valence-electron chi connectivity index (χ1n) is 7.41. The highest BCUT2D eigenvalue weighted by Gasteiger charge is 2.47. The molecular formula is C17H14F2IN3O2. The highest BCUT2D eigenvalue weighted by atomic mass is 127. The number of rotatable bonds is 2. The van der Waals surface area contributed by atoms with Crippen molar-refractivity contribution in [3.63, 3.8) is 0 Å². The Labute approximate surface area is 156 Å². The van der Waals surface area contributed by atoms with Crippen molar-refractivity contribution in [3.8, 4) is 0 Å². The first-order valence-corrected chi connectivity index (χ1v) is 8.49. The first kappa shape index (κ1) is 17.7. The molecule has 1 aromatic carbocycles. The van der Waals surface area contributed by atoms with Gasteiger partial charge in [-0.3, -0.25) is 9.78 Å². The number of hydrogen-bond donors (Lipinski definition) is 0. The van der Waals surface area contributed by atoms with E-state index in [4.69, 9.17) is 0 Å². The Kier molecular flexibility index (Phi) is 4.48. The van der Waals surface area contributed by atoms with E-state index in [1.807, 2.05) is 0 Å². The van der Waals surface area contributed by atoms with Gasteiger partial charge in [-0.15, -0.1) is 0 Å². The molecule has 0 radical (unpaired) electrons. The van der Waals surface area contributed by atoms with E-state index < -0.39 is 34.8 Å². The van der Waals surface area contributed by atoms with E-state index in [9.17, 15) is 18.4 Å². The van der Waals surface area contributed by atoms with Crippen LogP contribution in [0.2, 0.25) is 0 Å². The molecule has 1 aliphatic rings. The maximum atomic E-state index is 14.3. The number of nitrogens with zero attached hydrogens (tertiary/aromatic N) is 3. The van der Waals surface area contributed by atoms with Gasteiger partial charge in [0.1, 0.15) is 5.69 Å². The minimum Gasteiger partial charge on any atom is -0.317 e. The van der Waals surface area contributed by atoms with Gasteiger partial charge in [-0.05, 0) is 53.3 Å². The minimum atomic E-state index is -0.954. The quantitative estimate of drug-likeness (QED) is 0.647. The molecule has 3 rings (SSSR count). The van der Waals surface area contributed by atoms with Gasteiger partial charge >= 0.3 is 6.03 Å². The fourth-order valence-corrected chi connectivity index (χ4v) is 3.45. The number of benzene rings is 1. The second kappa shape index (κ2) is 6.32. The number of anilines is 1. The van der Waals surface area contributed by atoms with Crippen LogP contribution in [0.4, 0.5) is 19.3 Å². The van der Waals surface area contributed by atoms with Gasteiger partial charge in [-0.25, -0.2) is 18.5 Å². The Bertz CT molecular complexity index is 839. The van der Waals surface area contributed by atoms with Crippen LogP contribution in [0, 0.1) is 15.2 Å². The van der Waals surface area contributed by atoms with Crippen molar-refractivity contribution in [2.24, 2.45) is 0 Å². The summed E-state index contributed by atoms with van der Waals surface area (Å²) >= 11 is 1.76. The van der Waals surface area contributed by atoms with E-state index in [-0.39, 0.29) is 6.42 Å². The molecule has 0 N–H and O–H groups in total. The van der Waals surface area contributed by atoms with Gasteiger partial charge in [0.2, 0.25) is 5.91 Å². The van der Waals surface area contributed by atoms with Crippen LogP contribution in [-0.4, -0.2) is 28.9 Å². The van der Waals surface area contributed by atoms with Crippen LogP contribution in [0.25, 0.3) is 0 Å². The highest BCUT2D eigenvalue weighted by molar-refractivity contribution is 14.1. The molecule has 1 aromatic heterocycles. The third kappa shape index (κ3) is 2.88. The summed E-state index contributed by atoms with van der Waals surface area (Å²) in [5, 5.41) is 0. The van der Waals surface area contributed by atoms with Crippen LogP contribution in [0.15, 0.2) is 36.7 Å². The van der Waals surface area contributed by atoms with Gasteiger partial charge in [0.15, 0.2) is 11.6 Å². The van der Waals surface area contributed by atoms with E-state index in [0.717, 1.165) is 12.1 Å². The average Bonchev–Trinajstić information content (AvgIpc) is 2.56. The van der Waals surface area contributed by atoms with E-state index in [2.05, 4.69) is 4.98 Å². The Balaban J connectivity index is 2.06. The molecule has 5 nitrogen and oxygen atoms in total. The predicted molar refractivity (Wildman–Crippen MR) is 95.9 cm³/mol. The summed E-state index contributed by atoms with van der Waals surface area (Å²) in [4.78, 5) is 31.3. The number of amides is 3. The molecule has 3 amide bonds. The lowest BCUT2D eigenvalue weighted by Crippen LogP contribution is -2.60. The van der Waals surface area contributed by atoms with Crippen molar-refractivity contribution in [3.05, 3.63) is 57.4 Å². The van der Waals surface area contributed by atoms with Crippen LogP contribution in [0.5, 0.6) is 0 Å². The monoisotopic (exact) mass is 457 g/mol. The fraction of sp³-hybridized carbons (Fsp3) is 0.235. The summed E-state index contributed by atoms with van der Waals surface area (Å²) in [5.74, 6) is -2.58. The SMILES string of the molecule is CN1C(=O)N(c2c(F)cc(I)cc2F)C(=O)C[C@@]1(C)c1cccnc1. The van der Waals surface area contributed by atoms with Gasteiger partial charge in [-0.2, -0.15) is 0 Å². The van der Waals surface area contributed by atoms with Crippen LogP contribution in [-0.2, 0) is 10.3 Å². The molecule has 0 bridgehead atoms. The molecule has 130 valence electrons. The normalized spacial score (nSPS) is 21.0. The maximum Gasteiger partial charge on any atom is 0.332 e. The largest absolute Gasteiger partial charge is 0.332 e. The number of pyridine rings is 1. The van der Waals surface area contributed by atoms with E-state index >= 15 is 0 Å². The van der Waals surface area contributed by atoms with Crippen LogP contribution < -0.4 is 4.90 Å². The summed E-state index contributed by atoms with van der Waals surface area (Å²) in [7, 11) is 1.50. The van der Waals surface area contributed by atoms with Crippen molar-refractivity contribution < 1.29 is 18.4 Å². The lowest BCUT2D eigenvalue weighted by molar-refractivity contribution is -0.122. The van der Waals surface area contributed by atoms with E-state index in [1.54, 1.807) is 54.0 Å². The van der Waals surface area contributed by atoms with Gasteiger partial charge in [-0.1, -0.05) is 6.07 Å². The summed E-state index contributed by atoms with van der Waals surface area (Å²) in [6, 6.07) is 4.82. The zero-order valence-electron chi connectivity index (χ0n) is 13.5. The van der Waals surface area contributed by atoms with E-state index in [0.29, 0.717) is 14.0 Å². The average molecular weight is 457 g/mol. The number of aromatic nitrogens is 1. The van der Waals surface area contributed by atoms with E-state index in [1.165, 1.54) is 11.9 Å². The second-order valence-corrected chi connectivity index (χ2v) is 7.23. The highest BCUT2D eigenvalue weighted by Crippen LogP contribution is 2.38. The van der Waals surface area contributed by atoms with Crippen LogP contribution >= 0.6 is 22.6 Å². The Morgan fingerprint density at radius 2 is 1.88 bits per heavy atom. The molecule has 8 heteroatoms. The summed E-state index contributed by atoms with van der Waals surface area (Å²) in [6.07, 6.45) is 3.03. The third-order valence-corrected chi connectivity index (χ3v) is 5.07. The van der Waals surface area contributed by atoms with Crippen molar-refractivity contribution in [1.29, 1.82) is 0 Å². The number of imide groups is 1. The van der Waals surface area contributed by atoms with Crippen LogP contribution in [0.3, 0.4) is 0 Å². The molecule has 2 heterocycles. The van der Waals surface area contributed by atoms with Gasteiger partial charge in [0, 0.05) is 23.0 Å². The molecule has 2 aromatic rings. The molecule has 25 heavy (non-hydrogen) atoms. The lowest BCUT2D eigenvalue weighted by Gasteiger charge is -2.45. The zero-order chi connectivity index (χ0) is 18.4. The summed E-state index contributed by atoms with van der Waals surface area (Å²) in [6.45, 7) is 1.72. The van der Waals surface area contributed by atoms with Crippen molar-refractivity contribution in [2.75, 3.05) is 11.9 Å². The molecule has 1 atom stereocenters. The minimum absolute atomic E-state index is 0.119. The molecule has 0 unspecified atom stereocenters. The smallest absolute Gasteiger partial charge is 0.317 e. The molecule has 0 spiro atoms. The number of hydrogen-bond acceptors (Lipinski definition) is 3. The number of halogens is 3. The summed E-state index contributed by atoms with van der Waals surface area (Å²) in [5.41, 5.74) is -0.923. The molecule has 0 aliphatic carbocycles. The summed E-state index contributed by atoms with van der Waals surface area (Å²) < 4.78 is 28.9. The van der Waals surface area contributed by atoms with Crippen molar-refractivity contribution in [1.82, 2.24) is 9.88 Å². The first-order chi connectivity index (χ1) is 11.8. The Morgan fingerprint density at radius 1 is 1.24 bits per heavy atom. The van der Waals surface area contributed by atoms with Crippen LogP contribution in [0.1, 0.15) is 18.9 Å². The van der Waals surface area contributed by atoms with Gasteiger partial charge in [0.05, 0.1) is 12.0 Å². The predicted octanol–water partition coefficient (Wildman–Crippen LogP) is 3.67. The molecule has 1 aliphatic heterocycles. The Hall–Kier alpha value is -2.10. The van der Waals surface area contributed by atoms with Gasteiger partial charge < -0.3 is 4.90 Å². The molecule has 1 fully saturated rings. The molecule has 1 saturated heterocycles. The second-order valence-electron chi connectivity index (χ2n) is 5.98. The topological polar surface area (TPSA) is 53.5 Å². The zero-order valence-corrected chi connectivity index (χ0v) is 15.6. The molecule has 0 saturated carbocycles. The molecular weight excluding hydrogens is 443 g/mol. The lowest BCUT2D eigenvalue weighted by atomic mass is 9.86. The third-order valence-electron chi connectivity index (χ3n) is 4.45. The fourth-order valence-electron chi connectivity index (χ4n) is 2.91. The van der Waals surface area contributed by atoms with Crippen molar-refractivity contribution in [2.45, 2.75) is 18.9 Å². The standard InChI is InChI=1S/C17H14F2IN3O2/c1-17(10-4-3-5-21-9-10)8-14(24)23(16(25)22(17)2)15-12(18)6-11(20)7-13(15)19/h3-7,9H,8H2,1-2H3/t17-/m0/s1. The number of carbonyl (C=O) groups excluding carboxylic acids is 2.